The van der Waals surface area contributed by atoms with Gasteiger partial charge in [0.05, 0.1) is 11.0 Å². The van der Waals surface area contributed by atoms with Gasteiger partial charge in [-0.2, -0.15) is 5.26 Å². The number of ether oxygens (including phenoxy) is 1. The lowest BCUT2D eigenvalue weighted by atomic mass is 10.1. The molecule has 0 aliphatic heterocycles. The fourth-order valence-corrected chi connectivity index (χ4v) is 2.86. The highest BCUT2D eigenvalue weighted by molar-refractivity contribution is 7.16. The van der Waals surface area contributed by atoms with Crippen LogP contribution >= 0.6 is 11.3 Å². The summed E-state index contributed by atoms with van der Waals surface area (Å²) >= 11 is 1.33. The maximum atomic E-state index is 11.8. The van der Waals surface area contributed by atoms with Crippen molar-refractivity contribution in [1.29, 1.82) is 5.26 Å². The predicted octanol–water partition coefficient (Wildman–Crippen LogP) is 4.18. The molecule has 0 saturated heterocycles. The van der Waals surface area contributed by atoms with Gasteiger partial charge in [-0.1, -0.05) is 12.1 Å². The Morgan fingerprint density at radius 2 is 2.12 bits per heavy atom. The van der Waals surface area contributed by atoms with Crippen LogP contribution in [0, 0.1) is 21.4 Å². The number of carbonyl (C=O) groups is 1. The van der Waals surface area contributed by atoms with Crippen LogP contribution in [0.5, 0.6) is 0 Å². The average Bonchev–Trinajstić information content (AvgIpc) is 3.00. The Hall–Kier alpha value is -2.98. The van der Waals surface area contributed by atoms with Crippen molar-refractivity contribution in [3.05, 3.63) is 57.0 Å². The predicted molar refractivity (Wildman–Crippen MR) is 91.2 cm³/mol. The van der Waals surface area contributed by atoms with Gasteiger partial charge < -0.3 is 4.74 Å². The second kappa shape index (κ2) is 7.53. The molecule has 2 aromatic rings. The fourth-order valence-electron chi connectivity index (χ4n) is 1.91. The molecule has 0 bridgehead atoms. The van der Waals surface area contributed by atoms with E-state index in [1.54, 1.807) is 38.1 Å². The first kappa shape index (κ1) is 17.4. The summed E-state index contributed by atoms with van der Waals surface area (Å²) in [6.07, 6.45) is 1.15. The van der Waals surface area contributed by atoms with Crippen LogP contribution in [0.15, 0.2) is 42.0 Å². The highest BCUT2D eigenvalue weighted by atomic mass is 32.1. The van der Waals surface area contributed by atoms with Crippen molar-refractivity contribution in [3.63, 3.8) is 0 Å². The van der Waals surface area contributed by atoms with Crippen LogP contribution in [0.3, 0.4) is 0 Å². The Morgan fingerprint density at radius 3 is 2.75 bits per heavy atom. The highest BCUT2D eigenvalue weighted by Crippen LogP contribution is 2.31. The van der Waals surface area contributed by atoms with E-state index < -0.39 is 10.9 Å². The Labute approximate surface area is 142 Å². The molecule has 0 aliphatic carbocycles. The van der Waals surface area contributed by atoms with Crippen molar-refractivity contribution in [1.82, 2.24) is 0 Å². The molecule has 0 aliphatic rings. The summed E-state index contributed by atoms with van der Waals surface area (Å²) in [5.41, 5.74) is 0.629. The van der Waals surface area contributed by atoms with E-state index in [2.05, 4.69) is 0 Å². The van der Waals surface area contributed by atoms with Crippen molar-refractivity contribution < 1.29 is 14.5 Å². The van der Waals surface area contributed by atoms with Gasteiger partial charge in [-0.25, -0.2) is 4.79 Å². The van der Waals surface area contributed by atoms with Crippen LogP contribution in [0.1, 0.15) is 18.7 Å². The van der Waals surface area contributed by atoms with Gasteiger partial charge in [0.1, 0.15) is 11.6 Å². The van der Waals surface area contributed by atoms with Crippen LogP contribution in [-0.2, 0) is 9.53 Å². The van der Waals surface area contributed by atoms with Crippen molar-refractivity contribution in [2.45, 2.75) is 20.0 Å². The minimum atomic E-state index is -0.669. The van der Waals surface area contributed by atoms with Crippen molar-refractivity contribution in [2.24, 2.45) is 0 Å². The first-order chi connectivity index (χ1) is 11.4. The molecule has 0 radical (unpaired) electrons. The third-order valence-corrected chi connectivity index (χ3v) is 4.02. The van der Waals surface area contributed by atoms with Gasteiger partial charge in [0, 0.05) is 21.9 Å². The molecule has 122 valence electrons. The number of nitro benzene ring substituents is 1. The number of carbonyl (C=O) groups excluding carboxylic acids is 1. The zero-order valence-corrected chi connectivity index (χ0v) is 13.9. The maximum Gasteiger partial charge on any atom is 0.349 e. The van der Waals surface area contributed by atoms with Gasteiger partial charge in [0.15, 0.2) is 0 Å². The maximum absolute atomic E-state index is 11.8. The minimum Gasteiger partial charge on any atom is -0.459 e. The molecule has 1 aromatic heterocycles. The lowest BCUT2D eigenvalue weighted by Crippen LogP contribution is -2.12. The number of hydrogen-bond donors (Lipinski definition) is 0. The molecule has 0 fully saturated rings. The molecule has 1 heterocycles. The second-order valence-electron chi connectivity index (χ2n) is 5.13. The van der Waals surface area contributed by atoms with Gasteiger partial charge in [0.25, 0.3) is 5.69 Å². The van der Waals surface area contributed by atoms with E-state index in [0.29, 0.717) is 10.4 Å². The van der Waals surface area contributed by atoms with Crippen LogP contribution in [-0.4, -0.2) is 17.0 Å². The van der Waals surface area contributed by atoms with Gasteiger partial charge >= 0.3 is 5.97 Å². The number of nitrogens with zero attached hydrogens (tertiary/aromatic N) is 2. The van der Waals surface area contributed by atoms with Gasteiger partial charge in [-0.15, -0.1) is 11.3 Å². The SMILES string of the molecule is CC(C)OC(=O)/C(C#N)=C/c1ccc(-c2cccc([N+](=O)[O-])c2)s1. The summed E-state index contributed by atoms with van der Waals surface area (Å²) in [6.45, 7) is 3.41. The van der Waals surface area contributed by atoms with E-state index in [9.17, 15) is 14.9 Å². The van der Waals surface area contributed by atoms with E-state index in [1.807, 2.05) is 6.07 Å². The van der Waals surface area contributed by atoms with Gasteiger partial charge in [-0.3, -0.25) is 10.1 Å². The molecule has 2 rings (SSSR count). The molecule has 7 heteroatoms. The van der Waals surface area contributed by atoms with Crippen LogP contribution in [0.2, 0.25) is 0 Å². The first-order valence-corrected chi connectivity index (χ1v) is 7.90. The summed E-state index contributed by atoms with van der Waals surface area (Å²) in [4.78, 5) is 23.7. The highest BCUT2D eigenvalue weighted by Gasteiger charge is 2.14. The summed E-state index contributed by atoms with van der Waals surface area (Å²) in [6, 6.07) is 11.7. The Morgan fingerprint density at radius 1 is 1.38 bits per heavy atom. The second-order valence-corrected chi connectivity index (χ2v) is 6.25. The zero-order chi connectivity index (χ0) is 17.7. The van der Waals surface area contributed by atoms with E-state index in [4.69, 9.17) is 10.00 Å². The standard InChI is InChI=1S/C17H14N2O4S/c1-11(2)23-17(20)13(10-18)9-15-6-7-16(24-15)12-4-3-5-14(8-12)19(21)22/h3-9,11H,1-2H3/b13-9+. The van der Waals surface area contributed by atoms with Crippen LogP contribution in [0.4, 0.5) is 5.69 Å². The summed E-state index contributed by atoms with van der Waals surface area (Å²) in [5, 5.41) is 20.0. The van der Waals surface area contributed by atoms with Crippen molar-refractivity contribution >= 4 is 29.1 Å². The third kappa shape index (κ3) is 4.27. The van der Waals surface area contributed by atoms with E-state index in [1.165, 1.54) is 29.5 Å². The summed E-state index contributed by atoms with van der Waals surface area (Å²) in [7, 11) is 0. The quantitative estimate of drug-likeness (QED) is 0.267. The summed E-state index contributed by atoms with van der Waals surface area (Å²) < 4.78 is 5.01. The topological polar surface area (TPSA) is 93.2 Å². The number of thiophene rings is 1. The molecule has 1 aromatic carbocycles. The largest absolute Gasteiger partial charge is 0.459 e. The normalized spacial score (nSPS) is 11.2. The molecular weight excluding hydrogens is 328 g/mol. The Kier molecular flexibility index (Phi) is 5.45. The van der Waals surface area contributed by atoms with Gasteiger partial charge in [-0.05, 0) is 37.6 Å². The van der Waals surface area contributed by atoms with Crippen LogP contribution < -0.4 is 0 Å². The monoisotopic (exact) mass is 342 g/mol. The van der Waals surface area contributed by atoms with E-state index in [-0.39, 0.29) is 17.4 Å². The molecule has 0 N–H and O–H groups in total. The number of esters is 1. The lowest BCUT2D eigenvalue weighted by molar-refractivity contribution is -0.384. The zero-order valence-electron chi connectivity index (χ0n) is 13.1. The molecule has 6 nitrogen and oxygen atoms in total. The average molecular weight is 342 g/mol. The molecular formula is C17H14N2O4S. The number of rotatable bonds is 5. The third-order valence-electron chi connectivity index (χ3n) is 2.94. The first-order valence-electron chi connectivity index (χ1n) is 7.08. The molecule has 0 amide bonds. The van der Waals surface area contributed by atoms with E-state index in [0.717, 1.165) is 4.88 Å². The summed E-state index contributed by atoms with van der Waals surface area (Å²) in [5.74, 6) is -0.669. The number of hydrogen-bond acceptors (Lipinski definition) is 6. The molecule has 0 spiro atoms. The number of nitro groups is 1. The lowest BCUT2D eigenvalue weighted by Gasteiger charge is -2.05. The van der Waals surface area contributed by atoms with E-state index >= 15 is 0 Å². The minimum absolute atomic E-state index is 0.0104. The molecule has 0 atom stereocenters. The molecule has 0 unspecified atom stereocenters. The number of non-ortho nitro benzene ring substituents is 1. The van der Waals surface area contributed by atoms with Crippen molar-refractivity contribution in [3.8, 4) is 16.5 Å². The smallest absolute Gasteiger partial charge is 0.349 e. The van der Waals surface area contributed by atoms with Gasteiger partial charge in [0.2, 0.25) is 0 Å². The molecule has 0 saturated carbocycles. The van der Waals surface area contributed by atoms with Crippen LogP contribution in [0.25, 0.3) is 16.5 Å². The molecule has 24 heavy (non-hydrogen) atoms. The number of benzene rings is 1. The Bertz CT molecular complexity index is 846. The Balaban J connectivity index is 2.29. The number of nitriles is 1. The van der Waals surface area contributed by atoms with Crippen molar-refractivity contribution in [2.75, 3.05) is 0 Å². The fraction of sp³-hybridized carbons (Fsp3) is 0.176.